The maximum absolute atomic E-state index is 10.3. The molecule has 1 aliphatic rings. The largest absolute Gasteiger partial charge is 0.489 e. The topological polar surface area (TPSA) is 109 Å². The van der Waals surface area contributed by atoms with Crippen molar-refractivity contribution in [1.82, 2.24) is 0 Å². The van der Waals surface area contributed by atoms with Crippen molar-refractivity contribution >= 4 is 0 Å². The van der Waals surface area contributed by atoms with Gasteiger partial charge in [-0.25, -0.2) is 0 Å². The molecule has 0 unspecified atom stereocenters. The first-order chi connectivity index (χ1) is 16.0. The highest BCUT2D eigenvalue weighted by Crippen LogP contribution is 2.28. The normalized spacial score (nSPS) is 24.9. The summed E-state index contributed by atoms with van der Waals surface area (Å²) in [4.78, 5) is 0. The van der Waals surface area contributed by atoms with Crippen LogP contribution >= 0.6 is 0 Å². The fourth-order valence-corrected chi connectivity index (χ4v) is 3.72. The van der Waals surface area contributed by atoms with Crippen LogP contribution in [-0.4, -0.2) is 57.7 Å². The summed E-state index contributed by atoms with van der Waals surface area (Å²) in [7, 11) is 0. The Balaban J connectivity index is 1.41. The van der Waals surface area contributed by atoms with Crippen molar-refractivity contribution in [2.24, 2.45) is 0 Å². The highest BCUT2D eigenvalue weighted by atomic mass is 16.7. The number of rotatable bonds is 8. The molecule has 33 heavy (non-hydrogen) atoms. The average molecular weight is 453 g/mol. The molecule has 0 aliphatic carbocycles. The van der Waals surface area contributed by atoms with Crippen LogP contribution in [0.3, 0.4) is 0 Å². The Morgan fingerprint density at radius 3 is 2.15 bits per heavy atom. The van der Waals surface area contributed by atoms with Crippen molar-refractivity contribution in [2.75, 3.05) is 6.61 Å². The minimum atomic E-state index is -1.49. The summed E-state index contributed by atoms with van der Waals surface area (Å²) < 4.78 is 17.2. The molecule has 0 radical (unpaired) electrons. The summed E-state index contributed by atoms with van der Waals surface area (Å²) in [5.74, 6) is 1.25. The van der Waals surface area contributed by atoms with Gasteiger partial charge < -0.3 is 34.6 Å². The van der Waals surface area contributed by atoms with E-state index in [4.69, 9.17) is 14.2 Å². The van der Waals surface area contributed by atoms with Gasteiger partial charge >= 0.3 is 0 Å². The number of ether oxygens (including phenoxy) is 3. The van der Waals surface area contributed by atoms with Gasteiger partial charge in [-0.15, -0.1) is 0 Å². The summed E-state index contributed by atoms with van der Waals surface area (Å²) in [6.07, 6.45) is -6.07. The van der Waals surface area contributed by atoms with E-state index < -0.39 is 37.3 Å². The fraction of sp³-hybridized carbons (Fsp3) is 0.308. The summed E-state index contributed by atoms with van der Waals surface area (Å²) in [6, 6.07) is 25.1. The zero-order valence-corrected chi connectivity index (χ0v) is 18.0. The Bertz CT molecular complexity index is 1010. The molecule has 1 fully saturated rings. The molecule has 0 aromatic heterocycles. The van der Waals surface area contributed by atoms with E-state index in [1.54, 1.807) is 12.1 Å². The van der Waals surface area contributed by atoms with E-state index in [1.165, 1.54) is 0 Å². The minimum absolute atomic E-state index is 0.478. The number of para-hydroxylation sites is 1. The number of aliphatic hydroxyl groups excluding tert-OH is 4. The molecular weight excluding hydrogens is 424 g/mol. The Hall–Kier alpha value is -2.94. The van der Waals surface area contributed by atoms with Crippen LogP contribution < -0.4 is 9.47 Å². The molecule has 0 saturated carbocycles. The van der Waals surface area contributed by atoms with Crippen molar-refractivity contribution < 1.29 is 34.6 Å². The molecule has 3 aromatic rings. The Morgan fingerprint density at radius 1 is 0.727 bits per heavy atom. The van der Waals surface area contributed by atoms with Gasteiger partial charge in [-0.2, -0.15) is 0 Å². The van der Waals surface area contributed by atoms with E-state index >= 15 is 0 Å². The molecule has 5 atom stereocenters. The monoisotopic (exact) mass is 452 g/mol. The van der Waals surface area contributed by atoms with Crippen LogP contribution in [0.1, 0.15) is 16.7 Å². The Labute approximate surface area is 192 Å². The maximum Gasteiger partial charge on any atom is 0.229 e. The lowest BCUT2D eigenvalue weighted by Crippen LogP contribution is -2.60. The predicted molar refractivity (Wildman–Crippen MR) is 121 cm³/mol. The highest BCUT2D eigenvalue weighted by molar-refractivity contribution is 5.39. The van der Waals surface area contributed by atoms with Crippen LogP contribution in [0, 0.1) is 0 Å². The van der Waals surface area contributed by atoms with E-state index in [1.807, 2.05) is 66.7 Å². The third kappa shape index (κ3) is 5.71. The summed E-state index contributed by atoms with van der Waals surface area (Å²) >= 11 is 0. The van der Waals surface area contributed by atoms with Gasteiger partial charge in [0.05, 0.1) is 6.61 Å². The first kappa shape index (κ1) is 23.2. The molecular formula is C26H28O7. The van der Waals surface area contributed by atoms with E-state index in [0.29, 0.717) is 18.8 Å². The van der Waals surface area contributed by atoms with Crippen LogP contribution in [0.4, 0.5) is 0 Å². The summed E-state index contributed by atoms with van der Waals surface area (Å²) in [5.41, 5.74) is 2.99. The van der Waals surface area contributed by atoms with Crippen LogP contribution in [0.15, 0.2) is 78.9 Å². The van der Waals surface area contributed by atoms with Gasteiger partial charge in [-0.3, -0.25) is 0 Å². The molecule has 3 aromatic carbocycles. The fourth-order valence-electron chi connectivity index (χ4n) is 3.72. The lowest BCUT2D eigenvalue weighted by Gasteiger charge is -2.39. The maximum atomic E-state index is 10.3. The van der Waals surface area contributed by atoms with Crippen LogP contribution in [0.2, 0.25) is 0 Å². The van der Waals surface area contributed by atoms with E-state index in [0.717, 1.165) is 22.4 Å². The van der Waals surface area contributed by atoms with E-state index in [-0.39, 0.29) is 0 Å². The molecule has 1 aliphatic heterocycles. The molecule has 174 valence electrons. The van der Waals surface area contributed by atoms with Crippen molar-refractivity contribution in [2.45, 2.75) is 43.7 Å². The first-order valence-corrected chi connectivity index (χ1v) is 10.9. The molecule has 0 amide bonds. The average Bonchev–Trinajstić information content (AvgIpc) is 2.85. The zero-order valence-electron chi connectivity index (χ0n) is 18.0. The van der Waals surface area contributed by atoms with Gasteiger partial charge in [-0.05, 0) is 34.9 Å². The van der Waals surface area contributed by atoms with Crippen LogP contribution in [0.25, 0.3) is 0 Å². The number of aliphatic hydroxyl groups is 4. The van der Waals surface area contributed by atoms with Crippen LogP contribution in [0.5, 0.6) is 11.5 Å². The standard InChI is InChI=1S/C26H28O7/c27-15-22-23(28)24(29)25(30)26(33-22)32-21-9-5-4-8-19(21)14-17-10-12-20(13-11-17)31-16-18-6-2-1-3-7-18/h1-13,22-30H,14-16H2/t22-,23-,24+,25-,26-/m1/s1. The van der Waals surface area contributed by atoms with Gasteiger partial charge in [0.25, 0.3) is 0 Å². The van der Waals surface area contributed by atoms with Crippen molar-refractivity contribution in [3.63, 3.8) is 0 Å². The summed E-state index contributed by atoms with van der Waals surface area (Å²) in [6.45, 7) is -0.0128. The van der Waals surface area contributed by atoms with E-state index in [2.05, 4.69) is 0 Å². The highest BCUT2D eigenvalue weighted by Gasteiger charge is 2.44. The lowest BCUT2D eigenvalue weighted by atomic mass is 9.99. The second-order valence-electron chi connectivity index (χ2n) is 8.02. The molecule has 4 N–H and O–H groups in total. The van der Waals surface area contributed by atoms with E-state index in [9.17, 15) is 20.4 Å². The molecule has 1 saturated heterocycles. The number of hydrogen-bond donors (Lipinski definition) is 4. The van der Waals surface area contributed by atoms with Gasteiger partial charge in [-0.1, -0.05) is 60.7 Å². The molecule has 1 heterocycles. The minimum Gasteiger partial charge on any atom is -0.489 e. The van der Waals surface area contributed by atoms with Gasteiger partial charge in [0.2, 0.25) is 6.29 Å². The van der Waals surface area contributed by atoms with Crippen molar-refractivity contribution in [3.05, 3.63) is 95.6 Å². The predicted octanol–water partition coefficient (Wildman–Crippen LogP) is 2.04. The smallest absolute Gasteiger partial charge is 0.229 e. The van der Waals surface area contributed by atoms with Crippen molar-refractivity contribution in [3.8, 4) is 11.5 Å². The Kier molecular flexibility index (Phi) is 7.59. The third-order valence-electron chi connectivity index (χ3n) is 5.63. The molecule has 7 nitrogen and oxygen atoms in total. The molecule has 7 heteroatoms. The Morgan fingerprint density at radius 2 is 1.42 bits per heavy atom. The third-order valence-corrected chi connectivity index (χ3v) is 5.63. The first-order valence-electron chi connectivity index (χ1n) is 10.9. The second-order valence-corrected chi connectivity index (χ2v) is 8.02. The lowest BCUT2D eigenvalue weighted by molar-refractivity contribution is -0.277. The molecule has 0 bridgehead atoms. The quantitative estimate of drug-likeness (QED) is 0.414. The number of hydrogen-bond acceptors (Lipinski definition) is 7. The molecule has 0 spiro atoms. The number of benzene rings is 3. The van der Waals surface area contributed by atoms with Gasteiger partial charge in [0, 0.05) is 6.42 Å². The molecule has 4 rings (SSSR count). The summed E-state index contributed by atoms with van der Waals surface area (Å²) in [5, 5.41) is 39.6. The van der Waals surface area contributed by atoms with Gasteiger partial charge in [0.15, 0.2) is 0 Å². The zero-order chi connectivity index (χ0) is 23.2. The second kappa shape index (κ2) is 10.8. The van der Waals surface area contributed by atoms with Crippen molar-refractivity contribution in [1.29, 1.82) is 0 Å². The van der Waals surface area contributed by atoms with Crippen LogP contribution in [-0.2, 0) is 17.8 Å². The van der Waals surface area contributed by atoms with Gasteiger partial charge in [0.1, 0.15) is 42.5 Å². The SMILES string of the molecule is OC[C@H]1O[C@@H](Oc2ccccc2Cc2ccc(OCc3ccccc3)cc2)[C@H](O)[C@@H](O)[C@@H]1O.